The number of nitrogens with zero attached hydrogens (tertiary/aromatic N) is 2. The fourth-order valence-corrected chi connectivity index (χ4v) is 8.89. The van der Waals surface area contributed by atoms with Crippen LogP contribution < -0.4 is 23.7 Å². The van der Waals surface area contributed by atoms with Gasteiger partial charge < -0.3 is 23.7 Å². The quantitative estimate of drug-likeness (QED) is 0.0270. The van der Waals surface area contributed by atoms with Crippen LogP contribution in [0.2, 0.25) is 0 Å². The summed E-state index contributed by atoms with van der Waals surface area (Å²) in [6.45, 7) is 1.87. The normalized spacial score (nSPS) is 10.9. The van der Waals surface area contributed by atoms with Crippen molar-refractivity contribution in [2.45, 2.75) is 26.5 Å². The first kappa shape index (κ1) is 48.4. The van der Waals surface area contributed by atoms with Gasteiger partial charge in [-0.1, -0.05) is 59.3 Å². The number of methoxy groups -OCH3 is 1. The van der Waals surface area contributed by atoms with Crippen LogP contribution in [0, 0.1) is 29.6 Å². The molecule has 0 aliphatic rings. The first-order chi connectivity index (χ1) is 33.9. The molecule has 14 nitrogen and oxygen atoms in total. The molecule has 0 aromatic heterocycles. The predicted octanol–water partition coefficient (Wildman–Crippen LogP) is 13.6. The minimum atomic E-state index is -4.69. The third-order valence-corrected chi connectivity index (χ3v) is 12.9. The first-order valence-electron chi connectivity index (χ1n) is 20.7. The zero-order valence-corrected chi connectivity index (χ0v) is 39.2. The van der Waals surface area contributed by atoms with Gasteiger partial charge in [0.15, 0.2) is 5.78 Å². The van der Waals surface area contributed by atoms with Gasteiger partial charge in [0.2, 0.25) is 0 Å². The summed E-state index contributed by atoms with van der Waals surface area (Å²) in [5.41, 5.74) is 3.54. The van der Waals surface area contributed by atoms with Crippen LogP contribution in [0.15, 0.2) is 189 Å². The molecule has 0 amide bonds. The van der Waals surface area contributed by atoms with Crippen molar-refractivity contribution in [3.63, 3.8) is 0 Å². The van der Waals surface area contributed by atoms with E-state index in [2.05, 4.69) is 21.5 Å². The lowest BCUT2D eigenvalue weighted by atomic mass is 10.0. The van der Waals surface area contributed by atoms with E-state index in [1.807, 2.05) is 91.9 Å². The van der Waals surface area contributed by atoms with Crippen LogP contribution in [0.3, 0.4) is 0 Å². The van der Waals surface area contributed by atoms with Crippen molar-refractivity contribution in [1.82, 2.24) is 0 Å². The largest absolute Gasteiger partial charge is 0.495 e. The van der Waals surface area contributed by atoms with Gasteiger partial charge in [-0.15, -0.1) is 4.33 Å². The molecule has 0 fully saturated rings. The Bertz CT molecular complexity index is 3390. The summed E-state index contributed by atoms with van der Waals surface area (Å²) in [5, 5.41) is 32.3. The second-order valence-electron chi connectivity index (χ2n) is 14.9. The summed E-state index contributed by atoms with van der Waals surface area (Å²) in [6.07, 6.45) is 0. The Morgan fingerprint density at radius 3 is 1.47 bits per heavy atom. The molecular weight excluding hydrogens is 953 g/mol. The van der Waals surface area contributed by atoms with E-state index in [-0.39, 0.29) is 33.1 Å². The summed E-state index contributed by atoms with van der Waals surface area (Å²) in [4.78, 5) is 14.8. The summed E-state index contributed by atoms with van der Waals surface area (Å²) in [7, 11) is -3.46. The van der Waals surface area contributed by atoms with E-state index in [1.54, 1.807) is 48.5 Å². The maximum atomic E-state index is 13.4. The second-order valence-corrected chi connectivity index (χ2v) is 18.1. The topological polar surface area (TPSA) is 204 Å². The molecule has 0 radical (unpaired) electrons. The van der Waals surface area contributed by atoms with Crippen LogP contribution in [-0.2, 0) is 19.5 Å². The second kappa shape index (κ2) is 21.9. The lowest BCUT2D eigenvalue weighted by Gasteiger charge is -2.13. The highest BCUT2D eigenvalue weighted by molar-refractivity contribution is 7.99. The van der Waals surface area contributed by atoms with Crippen molar-refractivity contribution in [3.8, 4) is 75.0 Å². The van der Waals surface area contributed by atoms with Gasteiger partial charge >= 0.3 is 0 Å². The first-order valence-corrected chi connectivity index (χ1v) is 23.7. The van der Waals surface area contributed by atoms with Crippen molar-refractivity contribution in [3.05, 3.63) is 198 Å². The Labute approximate surface area is 410 Å². The highest BCUT2D eigenvalue weighted by atomic mass is 32.2. The van der Waals surface area contributed by atoms with E-state index in [0.717, 1.165) is 32.5 Å². The number of carbonyl (C=O) groups excluding carboxylic acids is 1. The number of aryl methyl sites for hydroxylation is 1. The number of ether oxygens (including phenoxy) is 5. The third kappa shape index (κ3) is 11.6. The molecule has 0 aliphatic carbocycles. The summed E-state index contributed by atoms with van der Waals surface area (Å²) < 4.78 is 67.5. The molecule has 2 N–H and O–H groups in total. The number of benzene rings is 8. The van der Waals surface area contributed by atoms with Gasteiger partial charge in [-0.05, 0) is 151 Å². The number of hydrogen-bond acceptors (Lipinski definition) is 15. The maximum absolute atomic E-state index is 13.4. The number of nitriles is 2. The molecule has 8 aromatic carbocycles. The predicted molar refractivity (Wildman–Crippen MR) is 260 cm³/mol. The van der Waals surface area contributed by atoms with E-state index in [0.29, 0.717) is 57.9 Å². The van der Waals surface area contributed by atoms with Gasteiger partial charge in [0.25, 0.3) is 10.1 Å². The molecule has 0 spiro atoms. The SMILES string of the molecule is COc1ccc(C(=O)c2ccc(Oc3ccc(Sc4ccc(Oc5cccc(Oc6ccc(-c7ccc(Oc8cccc(C)c8C#N)cc7)cc6)c5C#N)cc4)cc3)c(SOOO)c2)cc1S(=O)(=O)O. The zero-order valence-electron chi connectivity index (χ0n) is 36.8. The lowest BCUT2D eigenvalue weighted by molar-refractivity contribution is -0.432. The smallest absolute Gasteiger partial charge is 0.298 e. The molecule has 0 unspecified atom stereocenters. The van der Waals surface area contributed by atoms with Gasteiger partial charge in [0.1, 0.15) is 74.3 Å². The standard InChI is InChI=1S/C53H36N2O12S3/c1-33-5-3-6-46(44(33)31-54)62-38-15-9-34(10-16-38)35-11-17-39(18-12-35)63-47-7-4-8-48(45(47)32-55)64-40-19-23-42(24-20-40)68-43-25-21-41(22-26-43)65-49-27-13-36(29-51(49)69-67-66-57)53(56)37-14-28-50(61-2)52(30-37)70(58,59)60/h3-30,57H,1-2H3,(H,58,59,60). The molecule has 348 valence electrons. The van der Waals surface area contributed by atoms with Crippen molar-refractivity contribution in [2.75, 3.05) is 7.11 Å². The fourth-order valence-electron chi connectivity index (χ4n) is 6.92. The summed E-state index contributed by atoms with van der Waals surface area (Å²) in [5.74, 6) is 2.78. The van der Waals surface area contributed by atoms with Gasteiger partial charge in [0, 0.05) is 20.9 Å². The van der Waals surface area contributed by atoms with E-state index < -0.39 is 20.8 Å². The average Bonchev–Trinajstić information content (AvgIpc) is 3.37. The highest BCUT2D eigenvalue weighted by Gasteiger charge is 2.22. The maximum Gasteiger partial charge on any atom is 0.298 e. The van der Waals surface area contributed by atoms with E-state index in [1.165, 1.54) is 49.2 Å². The molecule has 17 heteroatoms. The fraction of sp³-hybridized carbons (Fsp3) is 0.0377. The summed E-state index contributed by atoms with van der Waals surface area (Å²) in [6, 6.07) is 52.7. The van der Waals surface area contributed by atoms with E-state index in [4.69, 9.17) is 28.9 Å². The molecule has 0 atom stereocenters. The Morgan fingerprint density at radius 2 is 1.00 bits per heavy atom. The molecule has 0 bridgehead atoms. The van der Waals surface area contributed by atoms with Crippen LogP contribution >= 0.6 is 23.8 Å². The molecular formula is C53H36N2O12S3. The van der Waals surface area contributed by atoms with Gasteiger partial charge in [-0.2, -0.15) is 18.9 Å². The minimum absolute atomic E-state index is 0.0412. The molecule has 70 heavy (non-hydrogen) atoms. The number of carbonyl (C=O) groups is 1. The average molecular weight is 989 g/mol. The van der Waals surface area contributed by atoms with Crippen LogP contribution in [0.1, 0.15) is 32.6 Å². The Morgan fingerprint density at radius 1 is 0.557 bits per heavy atom. The number of ketones is 1. The van der Waals surface area contributed by atoms with E-state index >= 15 is 0 Å². The Kier molecular flexibility index (Phi) is 15.1. The van der Waals surface area contributed by atoms with Gasteiger partial charge in [-0.25, -0.2) is 5.26 Å². The van der Waals surface area contributed by atoms with Crippen LogP contribution in [0.25, 0.3) is 11.1 Å². The zero-order chi connectivity index (χ0) is 49.2. The third-order valence-electron chi connectivity index (χ3n) is 10.3. The molecule has 8 aromatic rings. The summed E-state index contributed by atoms with van der Waals surface area (Å²) >= 11 is 2.05. The molecule has 8 rings (SSSR count). The highest BCUT2D eigenvalue weighted by Crippen LogP contribution is 2.39. The molecule has 0 heterocycles. The molecule has 0 saturated carbocycles. The van der Waals surface area contributed by atoms with Crippen molar-refractivity contribution in [2.24, 2.45) is 0 Å². The van der Waals surface area contributed by atoms with Gasteiger partial charge in [0.05, 0.1) is 29.6 Å². The molecule has 0 aliphatic heterocycles. The number of hydrogen-bond donors (Lipinski definition) is 2. The van der Waals surface area contributed by atoms with E-state index in [9.17, 15) is 28.3 Å². The van der Waals surface area contributed by atoms with Crippen molar-refractivity contribution in [1.29, 1.82) is 10.5 Å². The van der Waals surface area contributed by atoms with Gasteiger partial charge in [-0.3, -0.25) is 9.35 Å². The van der Waals surface area contributed by atoms with Crippen LogP contribution in [0.5, 0.6) is 51.7 Å². The molecule has 0 saturated heterocycles. The van der Waals surface area contributed by atoms with Crippen molar-refractivity contribution < 1.29 is 56.1 Å². The number of rotatable bonds is 18. The minimum Gasteiger partial charge on any atom is -0.495 e. The monoisotopic (exact) mass is 988 g/mol. The Hall–Kier alpha value is -8.10. The Balaban J connectivity index is 0.878. The van der Waals surface area contributed by atoms with Crippen LogP contribution in [0.4, 0.5) is 0 Å². The van der Waals surface area contributed by atoms with Crippen molar-refractivity contribution >= 4 is 39.7 Å². The lowest BCUT2D eigenvalue weighted by Crippen LogP contribution is -2.07. The van der Waals surface area contributed by atoms with Crippen LogP contribution in [-0.4, -0.2) is 31.1 Å².